The van der Waals surface area contributed by atoms with Gasteiger partial charge in [-0.3, -0.25) is 14.3 Å². The van der Waals surface area contributed by atoms with Gasteiger partial charge in [-0.05, 0) is 42.8 Å². The van der Waals surface area contributed by atoms with Crippen LogP contribution in [0.3, 0.4) is 0 Å². The number of hydrogen-bond donors (Lipinski definition) is 1. The Morgan fingerprint density at radius 2 is 2.03 bits per heavy atom. The van der Waals surface area contributed by atoms with Crippen LogP contribution in [0.2, 0.25) is 0 Å². The van der Waals surface area contributed by atoms with Gasteiger partial charge in [0, 0.05) is 24.4 Å². The van der Waals surface area contributed by atoms with E-state index in [1.165, 1.54) is 4.68 Å². The van der Waals surface area contributed by atoms with Gasteiger partial charge in [-0.25, -0.2) is 4.68 Å². The zero-order valence-electron chi connectivity index (χ0n) is 17.9. The molecule has 4 aromatic rings. The van der Waals surface area contributed by atoms with Crippen LogP contribution in [0.15, 0.2) is 65.7 Å². The molecule has 0 bridgehead atoms. The zero-order chi connectivity index (χ0) is 22.5. The Kier molecular flexibility index (Phi) is 6.25. The third kappa shape index (κ3) is 4.66. The molecule has 4 rings (SSSR count). The maximum Gasteiger partial charge on any atom is 0.277 e. The first-order valence-corrected chi connectivity index (χ1v) is 10.3. The molecule has 0 aliphatic heterocycles. The van der Waals surface area contributed by atoms with Gasteiger partial charge in [-0.2, -0.15) is 5.10 Å². The van der Waals surface area contributed by atoms with Gasteiger partial charge < -0.3 is 10.1 Å². The molecule has 1 unspecified atom stereocenters. The lowest BCUT2D eigenvalue weighted by Gasteiger charge is -2.17. The third-order valence-corrected chi connectivity index (χ3v) is 5.25. The largest absolute Gasteiger partial charge is 0.496 e. The second kappa shape index (κ2) is 9.42. The van der Waals surface area contributed by atoms with Gasteiger partial charge in [0.25, 0.3) is 5.56 Å². The second-order valence-electron chi connectivity index (χ2n) is 7.45. The van der Waals surface area contributed by atoms with E-state index < -0.39 is 0 Å². The van der Waals surface area contributed by atoms with E-state index in [1.54, 1.807) is 37.6 Å². The van der Waals surface area contributed by atoms with Crippen molar-refractivity contribution in [2.24, 2.45) is 0 Å². The Bertz CT molecular complexity index is 1280. The number of nitrogens with zero attached hydrogens (tertiary/aromatic N) is 5. The molecule has 32 heavy (non-hydrogen) atoms. The molecular formula is C23H24N6O3. The maximum absolute atomic E-state index is 12.5. The summed E-state index contributed by atoms with van der Waals surface area (Å²) in [5.41, 5.74) is 2.20. The lowest BCUT2D eigenvalue weighted by atomic mass is 10.0. The van der Waals surface area contributed by atoms with Crippen LogP contribution in [-0.4, -0.2) is 37.8 Å². The van der Waals surface area contributed by atoms with Crippen molar-refractivity contribution in [1.82, 2.24) is 30.1 Å². The van der Waals surface area contributed by atoms with Gasteiger partial charge in [0.15, 0.2) is 0 Å². The lowest BCUT2D eigenvalue weighted by Crippen LogP contribution is -2.30. The highest BCUT2D eigenvalue weighted by Crippen LogP contribution is 2.24. The normalized spacial score (nSPS) is 11.9. The standard InChI is InChI=1S/C23H24N6O3/c1-16(17-8-9-21(32-2)18(14-17)15-28-12-5-11-24-28)25-22(30)10-13-29-23(31)19-6-3-4-7-20(19)26-27-29/h3-9,11-12,14,16H,10,13,15H2,1-2H3,(H,25,30). The quantitative estimate of drug-likeness (QED) is 0.458. The number of rotatable bonds is 8. The van der Waals surface area contributed by atoms with Crippen LogP contribution in [0.1, 0.15) is 30.5 Å². The smallest absolute Gasteiger partial charge is 0.277 e. The summed E-state index contributed by atoms with van der Waals surface area (Å²) in [5, 5.41) is 15.7. The van der Waals surface area contributed by atoms with E-state index in [4.69, 9.17) is 4.74 Å². The summed E-state index contributed by atoms with van der Waals surface area (Å²) in [7, 11) is 1.63. The van der Waals surface area contributed by atoms with Crippen molar-refractivity contribution >= 4 is 16.8 Å². The van der Waals surface area contributed by atoms with Crippen LogP contribution in [0.25, 0.3) is 10.9 Å². The van der Waals surface area contributed by atoms with Crippen molar-refractivity contribution in [3.63, 3.8) is 0 Å². The molecule has 2 aromatic carbocycles. The number of carbonyl (C=O) groups excluding carboxylic acids is 1. The molecule has 164 valence electrons. The average Bonchev–Trinajstić information content (AvgIpc) is 3.32. The molecule has 0 fully saturated rings. The van der Waals surface area contributed by atoms with Crippen LogP contribution < -0.4 is 15.6 Å². The number of aryl methyl sites for hydroxylation is 1. The summed E-state index contributed by atoms with van der Waals surface area (Å²) in [5.74, 6) is 0.584. The minimum atomic E-state index is -0.255. The molecule has 0 radical (unpaired) electrons. The predicted octanol–water partition coefficient (Wildman–Crippen LogP) is 2.31. The lowest BCUT2D eigenvalue weighted by molar-refractivity contribution is -0.122. The second-order valence-corrected chi connectivity index (χ2v) is 7.45. The monoisotopic (exact) mass is 432 g/mol. The van der Waals surface area contributed by atoms with Crippen LogP contribution >= 0.6 is 0 Å². The molecule has 1 amide bonds. The number of benzene rings is 2. The van der Waals surface area contributed by atoms with E-state index in [0.717, 1.165) is 16.9 Å². The number of amides is 1. The van der Waals surface area contributed by atoms with Gasteiger partial charge >= 0.3 is 0 Å². The summed E-state index contributed by atoms with van der Waals surface area (Å²) >= 11 is 0. The number of nitrogens with one attached hydrogen (secondary N) is 1. The molecule has 9 nitrogen and oxygen atoms in total. The molecule has 0 aliphatic carbocycles. The fourth-order valence-corrected chi connectivity index (χ4v) is 3.53. The number of fused-ring (bicyclic) bond motifs is 1. The number of methoxy groups -OCH3 is 1. The summed E-state index contributed by atoms with van der Waals surface area (Å²) in [6, 6.07) is 14.5. The third-order valence-electron chi connectivity index (χ3n) is 5.25. The Balaban J connectivity index is 1.41. The molecule has 2 heterocycles. The summed E-state index contributed by atoms with van der Waals surface area (Å²) < 4.78 is 8.50. The van der Waals surface area contributed by atoms with E-state index >= 15 is 0 Å². The molecule has 1 N–H and O–H groups in total. The summed E-state index contributed by atoms with van der Waals surface area (Å²) in [6.45, 7) is 2.63. The van der Waals surface area contributed by atoms with Gasteiger partial charge in [0.05, 0.1) is 31.6 Å². The molecule has 0 spiro atoms. The van der Waals surface area contributed by atoms with E-state index in [1.807, 2.05) is 42.1 Å². The van der Waals surface area contributed by atoms with Gasteiger partial charge in [-0.1, -0.05) is 23.4 Å². The SMILES string of the molecule is COc1ccc(C(C)NC(=O)CCn2nnc3ccccc3c2=O)cc1Cn1cccn1. The Hall–Kier alpha value is -4.01. The average molecular weight is 432 g/mol. The molecule has 9 heteroatoms. The Labute approximate surface area is 184 Å². The number of carbonyl (C=O) groups is 1. The first-order valence-electron chi connectivity index (χ1n) is 10.3. The van der Waals surface area contributed by atoms with Crippen LogP contribution in [0.5, 0.6) is 5.75 Å². The van der Waals surface area contributed by atoms with E-state index in [2.05, 4.69) is 20.7 Å². The van der Waals surface area contributed by atoms with Gasteiger partial charge in [0.1, 0.15) is 11.3 Å². The fourth-order valence-electron chi connectivity index (χ4n) is 3.53. The highest BCUT2D eigenvalue weighted by molar-refractivity contribution is 5.77. The van der Waals surface area contributed by atoms with E-state index in [0.29, 0.717) is 17.4 Å². The highest BCUT2D eigenvalue weighted by Gasteiger charge is 2.14. The zero-order valence-corrected chi connectivity index (χ0v) is 17.9. The number of hydrogen-bond acceptors (Lipinski definition) is 6. The van der Waals surface area contributed by atoms with Crippen LogP contribution in [-0.2, 0) is 17.9 Å². The molecule has 0 saturated heterocycles. The summed E-state index contributed by atoms with van der Waals surface area (Å²) in [4.78, 5) is 25.0. The van der Waals surface area contributed by atoms with Crippen molar-refractivity contribution in [3.8, 4) is 5.75 Å². The number of aromatic nitrogens is 5. The summed E-state index contributed by atoms with van der Waals surface area (Å²) in [6.07, 6.45) is 3.73. The minimum Gasteiger partial charge on any atom is -0.496 e. The van der Waals surface area contributed by atoms with Crippen molar-refractivity contribution in [2.45, 2.75) is 32.5 Å². The van der Waals surface area contributed by atoms with Crippen molar-refractivity contribution in [1.29, 1.82) is 0 Å². The topological polar surface area (TPSA) is 104 Å². The molecular weight excluding hydrogens is 408 g/mol. The number of ether oxygens (including phenoxy) is 1. The minimum absolute atomic E-state index is 0.119. The first-order chi connectivity index (χ1) is 15.5. The maximum atomic E-state index is 12.5. The van der Waals surface area contributed by atoms with Crippen molar-refractivity contribution in [3.05, 3.63) is 82.4 Å². The van der Waals surface area contributed by atoms with Crippen molar-refractivity contribution in [2.75, 3.05) is 7.11 Å². The van der Waals surface area contributed by atoms with Crippen molar-refractivity contribution < 1.29 is 9.53 Å². The molecule has 0 aliphatic rings. The van der Waals surface area contributed by atoms with Crippen LogP contribution in [0, 0.1) is 0 Å². The van der Waals surface area contributed by atoms with Crippen LogP contribution in [0.4, 0.5) is 0 Å². The van der Waals surface area contributed by atoms with Gasteiger partial charge in [0.2, 0.25) is 5.91 Å². The van der Waals surface area contributed by atoms with Gasteiger partial charge in [-0.15, -0.1) is 5.10 Å². The molecule has 0 saturated carbocycles. The Morgan fingerprint density at radius 1 is 1.19 bits per heavy atom. The first kappa shape index (κ1) is 21.2. The molecule has 1 atom stereocenters. The predicted molar refractivity (Wildman–Crippen MR) is 119 cm³/mol. The Morgan fingerprint density at radius 3 is 2.81 bits per heavy atom. The van der Waals surface area contributed by atoms with E-state index in [-0.39, 0.29) is 30.5 Å². The fraction of sp³-hybridized carbons (Fsp3) is 0.261. The molecule has 2 aromatic heterocycles. The van der Waals surface area contributed by atoms with E-state index in [9.17, 15) is 9.59 Å². The highest BCUT2D eigenvalue weighted by atomic mass is 16.5.